The Morgan fingerprint density at radius 2 is 2.16 bits per heavy atom. The molecule has 0 saturated carbocycles. The molecule has 1 aliphatic rings. The third-order valence-corrected chi connectivity index (χ3v) is 4.32. The first-order valence-corrected chi connectivity index (χ1v) is 7.26. The van der Waals surface area contributed by atoms with E-state index < -0.39 is 0 Å². The van der Waals surface area contributed by atoms with Crippen LogP contribution in [0.3, 0.4) is 0 Å². The molecule has 1 aromatic heterocycles. The lowest BCUT2D eigenvalue weighted by atomic mass is 9.99. The van der Waals surface area contributed by atoms with Crippen LogP contribution < -0.4 is 4.90 Å². The summed E-state index contributed by atoms with van der Waals surface area (Å²) in [6, 6.07) is 4.47. The molecule has 4 nitrogen and oxygen atoms in total. The van der Waals surface area contributed by atoms with Gasteiger partial charge in [0.1, 0.15) is 0 Å². The Bertz CT molecular complexity index is 609. The SMILES string of the molecule is Cc1nnc(CN2CCCc3cc(C)c(Br)cc32)o1. The minimum absolute atomic E-state index is 0.623. The van der Waals surface area contributed by atoms with Crippen LogP contribution >= 0.6 is 15.9 Å². The lowest BCUT2D eigenvalue weighted by Gasteiger charge is -2.30. The Balaban J connectivity index is 1.91. The summed E-state index contributed by atoms with van der Waals surface area (Å²) in [5.74, 6) is 1.30. The van der Waals surface area contributed by atoms with Crippen LogP contribution in [0.4, 0.5) is 5.69 Å². The van der Waals surface area contributed by atoms with Gasteiger partial charge in [-0.2, -0.15) is 0 Å². The topological polar surface area (TPSA) is 42.2 Å². The quantitative estimate of drug-likeness (QED) is 0.850. The summed E-state index contributed by atoms with van der Waals surface area (Å²) in [6.45, 7) is 5.67. The number of anilines is 1. The Morgan fingerprint density at radius 1 is 1.32 bits per heavy atom. The predicted molar refractivity (Wildman–Crippen MR) is 77.3 cm³/mol. The Morgan fingerprint density at radius 3 is 2.89 bits per heavy atom. The minimum atomic E-state index is 0.623. The van der Waals surface area contributed by atoms with Gasteiger partial charge in [0.15, 0.2) is 0 Å². The second kappa shape index (κ2) is 4.96. The molecule has 0 amide bonds. The predicted octanol–water partition coefficient (Wildman–Crippen LogP) is 3.40. The molecule has 0 N–H and O–H groups in total. The lowest BCUT2D eigenvalue weighted by Crippen LogP contribution is -2.29. The van der Waals surface area contributed by atoms with Gasteiger partial charge in [-0.1, -0.05) is 22.0 Å². The molecule has 0 bridgehead atoms. The Labute approximate surface area is 121 Å². The summed E-state index contributed by atoms with van der Waals surface area (Å²) in [6.07, 6.45) is 2.31. The Kier molecular flexibility index (Phi) is 3.31. The molecule has 1 aromatic carbocycles. The molecule has 19 heavy (non-hydrogen) atoms. The van der Waals surface area contributed by atoms with E-state index in [1.54, 1.807) is 0 Å². The second-order valence-corrected chi connectivity index (χ2v) is 5.82. The number of aromatic nitrogens is 2. The average molecular weight is 322 g/mol. The van der Waals surface area contributed by atoms with Crippen LogP contribution in [0, 0.1) is 13.8 Å². The average Bonchev–Trinajstić information content (AvgIpc) is 2.77. The molecule has 0 fully saturated rings. The van der Waals surface area contributed by atoms with Gasteiger partial charge in [-0.05, 0) is 37.0 Å². The first kappa shape index (κ1) is 12.7. The van der Waals surface area contributed by atoms with Crippen molar-refractivity contribution >= 4 is 21.6 Å². The van der Waals surface area contributed by atoms with Crippen LogP contribution in [0.25, 0.3) is 0 Å². The molecule has 0 unspecified atom stereocenters. The van der Waals surface area contributed by atoms with Crippen molar-refractivity contribution in [2.75, 3.05) is 11.4 Å². The summed E-state index contributed by atoms with van der Waals surface area (Å²) in [5, 5.41) is 7.97. The molecule has 2 aromatic rings. The fraction of sp³-hybridized carbons (Fsp3) is 0.429. The molecule has 100 valence electrons. The van der Waals surface area contributed by atoms with Gasteiger partial charge in [-0.25, -0.2) is 0 Å². The van der Waals surface area contributed by atoms with E-state index in [9.17, 15) is 0 Å². The van der Waals surface area contributed by atoms with Gasteiger partial charge < -0.3 is 9.32 Å². The molecule has 0 saturated heterocycles. The van der Waals surface area contributed by atoms with Crippen molar-refractivity contribution < 1.29 is 4.42 Å². The van der Waals surface area contributed by atoms with E-state index in [1.165, 1.54) is 23.2 Å². The van der Waals surface area contributed by atoms with Gasteiger partial charge >= 0.3 is 0 Å². The molecule has 0 aliphatic carbocycles. The molecule has 0 spiro atoms. The fourth-order valence-electron chi connectivity index (χ4n) is 2.54. The largest absolute Gasteiger partial charge is 0.424 e. The highest BCUT2D eigenvalue weighted by Gasteiger charge is 2.20. The highest BCUT2D eigenvalue weighted by Crippen LogP contribution is 2.33. The van der Waals surface area contributed by atoms with Crippen molar-refractivity contribution in [3.8, 4) is 0 Å². The summed E-state index contributed by atoms with van der Waals surface area (Å²) in [5.41, 5.74) is 3.97. The van der Waals surface area contributed by atoms with Crippen molar-refractivity contribution in [2.24, 2.45) is 0 Å². The van der Waals surface area contributed by atoms with Gasteiger partial charge in [-0.15, -0.1) is 10.2 Å². The summed E-state index contributed by atoms with van der Waals surface area (Å²) < 4.78 is 6.63. The molecule has 0 atom stereocenters. The van der Waals surface area contributed by atoms with Crippen LogP contribution in [0.5, 0.6) is 0 Å². The maximum Gasteiger partial charge on any atom is 0.235 e. The van der Waals surface area contributed by atoms with Gasteiger partial charge in [-0.3, -0.25) is 0 Å². The number of rotatable bonds is 2. The number of fused-ring (bicyclic) bond motifs is 1. The number of halogens is 1. The van der Waals surface area contributed by atoms with Gasteiger partial charge in [0.05, 0.1) is 6.54 Å². The summed E-state index contributed by atoms with van der Waals surface area (Å²) in [4.78, 5) is 2.32. The van der Waals surface area contributed by atoms with Crippen molar-refractivity contribution in [3.63, 3.8) is 0 Å². The van der Waals surface area contributed by atoms with E-state index in [0.717, 1.165) is 17.4 Å². The maximum absolute atomic E-state index is 5.48. The minimum Gasteiger partial charge on any atom is -0.424 e. The monoisotopic (exact) mass is 321 g/mol. The number of benzene rings is 1. The van der Waals surface area contributed by atoms with E-state index in [-0.39, 0.29) is 0 Å². The molecule has 5 heteroatoms. The standard InChI is InChI=1S/C14H16BrN3O/c1-9-6-11-4-3-5-18(13(11)7-12(9)15)8-14-17-16-10(2)19-14/h6-7H,3-5,8H2,1-2H3. The van der Waals surface area contributed by atoms with Crippen LogP contribution in [0.15, 0.2) is 21.0 Å². The van der Waals surface area contributed by atoms with E-state index in [1.807, 2.05) is 6.92 Å². The van der Waals surface area contributed by atoms with Crippen molar-refractivity contribution in [2.45, 2.75) is 33.2 Å². The molecular formula is C14H16BrN3O. The molecule has 3 rings (SSSR count). The van der Waals surface area contributed by atoms with Crippen molar-refractivity contribution in [1.29, 1.82) is 0 Å². The second-order valence-electron chi connectivity index (χ2n) is 4.97. The zero-order chi connectivity index (χ0) is 13.4. The number of aryl methyl sites for hydroxylation is 3. The third-order valence-electron chi connectivity index (χ3n) is 3.47. The van der Waals surface area contributed by atoms with Gasteiger partial charge in [0, 0.05) is 23.6 Å². The van der Waals surface area contributed by atoms with Crippen LogP contribution in [0.2, 0.25) is 0 Å². The highest BCUT2D eigenvalue weighted by molar-refractivity contribution is 9.10. The normalized spacial score (nSPS) is 14.6. The van der Waals surface area contributed by atoms with Gasteiger partial charge in [0.25, 0.3) is 0 Å². The Hall–Kier alpha value is -1.36. The number of hydrogen-bond acceptors (Lipinski definition) is 4. The summed E-state index contributed by atoms with van der Waals surface area (Å²) in [7, 11) is 0. The van der Waals surface area contributed by atoms with E-state index in [4.69, 9.17) is 4.42 Å². The highest BCUT2D eigenvalue weighted by atomic mass is 79.9. The van der Waals surface area contributed by atoms with E-state index in [0.29, 0.717) is 18.3 Å². The molecule has 1 aliphatic heterocycles. The van der Waals surface area contributed by atoms with Crippen LogP contribution in [-0.2, 0) is 13.0 Å². The molecule has 0 radical (unpaired) electrons. The maximum atomic E-state index is 5.48. The van der Waals surface area contributed by atoms with E-state index >= 15 is 0 Å². The zero-order valence-corrected chi connectivity index (χ0v) is 12.7. The molecule has 2 heterocycles. The van der Waals surface area contributed by atoms with Crippen LogP contribution in [-0.4, -0.2) is 16.7 Å². The molecular weight excluding hydrogens is 306 g/mol. The number of nitrogens with zero attached hydrogens (tertiary/aromatic N) is 3. The van der Waals surface area contributed by atoms with Gasteiger partial charge in [0.2, 0.25) is 11.8 Å². The lowest BCUT2D eigenvalue weighted by molar-refractivity contribution is 0.459. The van der Waals surface area contributed by atoms with Crippen molar-refractivity contribution in [1.82, 2.24) is 10.2 Å². The first-order valence-electron chi connectivity index (χ1n) is 6.46. The van der Waals surface area contributed by atoms with Crippen LogP contribution in [0.1, 0.15) is 29.3 Å². The zero-order valence-electron chi connectivity index (χ0n) is 11.1. The first-order chi connectivity index (χ1) is 9.13. The fourth-order valence-corrected chi connectivity index (χ4v) is 2.87. The van der Waals surface area contributed by atoms with E-state index in [2.05, 4.69) is 50.1 Å². The number of hydrogen-bond donors (Lipinski definition) is 0. The smallest absolute Gasteiger partial charge is 0.235 e. The third kappa shape index (κ3) is 2.52. The van der Waals surface area contributed by atoms with Crippen molar-refractivity contribution in [3.05, 3.63) is 39.5 Å². The summed E-state index contributed by atoms with van der Waals surface area (Å²) >= 11 is 3.61.